The van der Waals surface area contributed by atoms with Crippen molar-refractivity contribution in [3.05, 3.63) is 30.2 Å². The van der Waals surface area contributed by atoms with Crippen LogP contribution in [-0.4, -0.2) is 24.8 Å². The fourth-order valence-corrected chi connectivity index (χ4v) is 1.46. The molecule has 0 fully saturated rings. The minimum atomic E-state index is 0.319. The van der Waals surface area contributed by atoms with Gasteiger partial charge in [-0.05, 0) is 37.6 Å². The molecule has 1 heterocycles. The van der Waals surface area contributed by atoms with Crippen molar-refractivity contribution in [3.8, 4) is 0 Å². The van der Waals surface area contributed by atoms with Crippen LogP contribution in [0.2, 0.25) is 0 Å². The average molecular weight is 223 g/mol. The average Bonchev–Trinajstić information content (AvgIpc) is 2.80. The summed E-state index contributed by atoms with van der Waals surface area (Å²) in [4.78, 5) is 0. The van der Waals surface area contributed by atoms with Crippen molar-refractivity contribution in [2.75, 3.05) is 19.7 Å². The van der Waals surface area contributed by atoms with Crippen molar-refractivity contribution in [2.45, 2.75) is 25.7 Å². The van der Waals surface area contributed by atoms with Crippen molar-refractivity contribution in [3.63, 3.8) is 0 Å². The molecule has 1 aromatic rings. The highest BCUT2D eigenvalue weighted by Gasteiger charge is 1.89. The maximum Gasteiger partial charge on any atom is 0.126 e. The molecule has 0 aliphatic carbocycles. The molecule has 0 unspecified atom stereocenters. The predicted octanol–water partition coefficient (Wildman–Crippen LogP) is 2.44. The van der Waals surface area contributed by atoms with Gasteiger partial charge in [-0.25, -0.2) is 0 Å². The van der Waals surface area contributed by atoms with Crippen LogP contribution in [-0.2, 0) is 0 Å². The molecule has 0 bridgehead atoms. The molecule has 0 saturated carbocycles. The van der Waals surface area contributed by atoms with Crippen LogP contribution >= 0.6 is 0 Å². The Balaban J connectivity index is 1.88. The van der Waals surface area contributed by atoms with E-state index in [0.29, 0.717) is 6.61 Å². The Morgan fingerprint density at radius 3 is 2.88 bits per heavy atom. The number of aliphatic hydroxyl groups excluding tert-OH is 1. The molecule has 0 atom stereocenters. The topological polar surface area (TPSA) is 45.4 Å². The van der Waals surface area contributed by atoms with Crippen LogP contribution in [0, 0.1) is 0 Å². The van der Waals surface area contributed by atoms with Crippen LogP contribution in [0.1, 0.15) is 31.4 Å². The van der Waals surface area contributed by atoms with Crippen LogP contribution in [0.15, 0.2) is 28.9 Å². The van der Waals surface area contributed by atoms with Crippen molar-refractivity contribution in [1.82, 2.24) is 5.32 Å². The van der Waals surface area contributed by atoms with Gasteiger partial charge in [-0.3, -0.25) is 0 Å². The first kappa shape index (κ1) is 13.0. The molecule has 0 amide bonds. The molecule has 2 N–H and O–H groups in total. The van der Waals surface area contributed by atoms with Crippen molar-refractivity contribution in [1.29, 1.82) is 0 Å². The van der Waals surface area contributed by atoms with Crippen LogP contribution in [0.5, 0.6) is 0 Å². The lowest BCUT2D eigenvalue weighted by atomic mass is 10.2. The summed E-state index contributed by atoms with van der Waals surface area (Å²) in [7, 11) is 0. The minimum Gasteiger partial charge on any atom is -0.465 e. The van der Waals surface area contributed by atoms with E-state index in [0.717, 1.165) is 31.7 Å². The van der Waals surface area contributed by atoms with E-state index in [-0.39, 0.29) is 0 Å². The SMILES string of the molecule is OCCCCCCNC/C=C/c1ccco1. The molecule has 0 aliphatic rings. The zero-order valence-electron chi connectivity index (χ0n) is 9.69. The van der Waals surface area contributed by atoms with Gasteiger partial charge in [0.1, 0.15) is 5.76 Å². The zero-order valence-corrected chi connectivity index (χ0v) is 9.69. The Kier molecular flexibility index (Phi) is 7.47. The molecule has 0 saturated heterocycles. The molecule has 0 aromatic carbocycles. The molecule has 90 valence electrons. The third-order valence-corrected chi connectivity index (χ3v) is 2.35. The Morgan fingerprint density at radius 2 is 2.12 bits per heavy atom. The number of furan rings is 1. The first-order valence-corrected chi connectivity index (χ1v) is 5.95. The van der Waals surface area contributed by atoms with Gasteiger partial charge < -0.3 is 14.8 Å². The van der Waals surface area contributed by atoms with Crippen LogP contribution in [0.25, 0.3) is 6.08 Å². The largest absolute Gasteiger partial charge is 0.465 e. The summed E-state index contributed by atoms with van der Waals surface area (Å²) >= 11 is 0. The van der Waals surface area contributed by atoms with E-state index in [1.807, 2.05) is 18.2 Å². The van der Waals surface area contributed by atoms with Crippen LogP contribution < -0.4 is 5.32 Å². The molecule has 16 heavy (non-hydrogen) atoms. The molecule has 1 aromatic heterocycles. The van der Waals surface area contributed by atoms with Crippen molar-refractivity contribution < 1.29 is 9.52 Å². The van der Waals surface area contributed by atoms with Gasteiger partial charge in [0.05, 0.1) is 6.26 Å². The number of hydrogen-bond acceptors (Lipinski definition) is 3. The van der Waals surface area contributed by atoms with E-state index < -0.39 is 0 Å². The van der Waals surface area contributed by atoms with E-state index in [9.17, 15) is 0 Å². The van der Waals surface area contributed by atoms with Gasteiger partial charge in [-0.15, -0.1) is 0 Å². The Morgan fingerprint density at radius 1 is 1.25 bits per heavy atom. The van der Waals surface area contributed by atoms with E-state index in [1.165, 1.54) is 12.8 Å². The third kappa shape index (κ3) is 6.43. The first-order valence-electron chi connectivity index (χ1n) is 5.95. The Hall–Kier alpha value is -1.06. The fraction of sp³-hybridized carbons (Fsp3) is 0.538. The zero-order chi connectivity index (χ0) is 11.5. The van der Waals surface area contributed by atoms with E-state index in [4.69, 9.17) is 9.52 Å². The van der Waals surface area contributed by atoms with Gasteiger partial charge >= 0.3 is 0 Å². The second-order valence-electron chi connectivity index (χ2n) is 3.76. The van der Waals surface area contributed by atoms with E-state index in [2.05, 4.69) is 11.4 Å². The fourth-order valence-electron chi connectivity index (χ4n) is 1.46. The molecular formula is C13H21NO2. The number of aliphatic hydroxyl groups is 1. The lowest BCUT2D eigenvalue weighted by molar-refractivity contribution is 0.282. The lowest BCUT2D eigenvalue weighted by Crippen LogP contribution is -2.14. The van der Waals surface area contributed by atoms with Gasteiger partial charge in [0, 0.05) is 13.2 Å². The van der Waals surface area contributed by atoms with E-state index in [1.54, 1.807) is 6.26 Å². The molecule has 1 rings (SSSR count). The van der Waals surface area contributed by atoms with Gasteiger partial charge in [-0.1, -0.05) is 18.9 Å². The summed E-state index contributed by atoms with van der Waals surface area (Å²) in [5, 5.41) is 11.9. The highest BCUT2D eigenvalue weighted by atomic mass is 16.3. The molecule has 3 heteroatoms. The number of unbranched alkanes of at least 4 members (excludes halogenated alkanes) is 3. The predicted molar refractivity (Wildman–Crippen MR) is 66.2 cm³/mol. The summed E-state index contributed by atoms with van der Waals surface area (Å²) in [6, 6.07) is 3.82. The summed E-state index contributed by atoms with van der Waals surface area (Å²) in [5.74, 6) is 0.893. The highest BCUT2D eigenvalue weighted by Crippen LogP contribution is 2.01. The number of hydrogen-bond donors (Lipinski definition) is 2. The highest BCUT2D eigenvalue weighted by molar-refractivity contribution is 5.42. The van der Waals surface area contributed by atoms with Gasteiger partial charge in [0.15, 0.2) is 0 Å². The number of nitrogens with one attached hydrogen (secondary N) is 1. The normalized spacial score (nSPS) is 11.3. The number of rotatable bonds is 9. The second kappa shape index (κ2) is 9.19. The molecular weight excluding hydrogens is 202 g/mol. The van der Waals surface area contributed by atoms with Gasteiger partial charge in [-0.2, -0.15) is 0 Å². The molecule has 3 nitrogen and oxygen atoms in total. The minimum absolute atomic E-state index is 0.319. The molecule has 0 radical (unpaired) electrons. The standard InChI is InChI=1S/C13H21NO2/c15-11-4-2-1-3-9-14-10-5-7-13-8-6-12-16-13/h5-8,12,14-15H,1-4,9-11H2/b7-5+. The van der Waals surface area contributed by atoms with E-state index >= 15 is 0 Å². The summed E-state index contributed by atoms with van der Waals surface area (Å²) < 4.78 is 5.17. The third-order valence-electron chi connectivity index (χ3n) is 2.35. The summed E-state index contributed by atoms with van der Waals surface area (Å²) in [6.07, 6.45) is 10.1. The quantitative estimate of drug-likeness (QED) is 0.632. The summed E-state index contributed by atoms with van der Waals surface area (Å²) in [5.41, 5.74) is 0. The van der Waals surface area contributed by atoms with Crippen molar-refractivity contribution in [2.24, 2.45) is 0 Å². The molecule has 0 aliphatic heterocycles. The van der Waals surface area contributed by atoms with Crippen LogP contribution in [0.3, 0.4) is 0 Å². The van der Waals surface area contributed by atoms with Gasteiger partial charge in [0.25, 0.3) is 0 Å². The second-order valence-corrected chi connectivity index (χ2v) is 3.76. The van der Waals surface area contributed by atoms with Crippen LogP contribution in [0.4, 0.5) is 0 Å². The first-order chi connectivity index (χ1) is 7.93. The maximum absolute atomic E-state index is 8.60. The Labute approximate surface area is 97.2 Å². The Bertz CT molecular complexity index is 267. The molecule has 0 spiro atoms. The van der Waals surface area contributed by atoms with Gasteiger partial charge in [0.2, 0.25) is 0 Å². The lowest BCUT2D eigenvalue weighted by Gasteiger charge is -2.00. The van der Waals surface area contributed by atoms with Crippen molar-refractivity contribution >= 4 is 6.08 Å². The summed E-state index contributed by atoms with van der Waals surface area (Å²) in [6.45, 7) is 2.23. The maximum atomic E-state index is 8.60. The monoisotopic (exact) mass is 223 g/mol. The smallest absolute Gasteiger partial charge is 0.126 e.